The van der Waals surface area contributed by atoms with Gasteiger partial charge in [0.2, 0.25) is 0 Å². The van der Waals surface area contributed by atoms with Crippen LogP contribution >= 0.6 is 0 Å². The normalized spacial score (nSPS) is 35.0. The van der Waals surface area contributed by atoms with E-state index in [1.54, 1.807) is 11.1 Å². The second kappa shape index (κ2) is 5.61. The van der Waals surface area contributed by atoms with E-state index < -0.39 is 0 Å². The van der Waals surface area contributed by atoms with Crippen LogP contribution in [0.2, 0.25) is 0 Å². The molecule has 0 radical (unpaired) electrons. The number of ketones is 1. The van der Waals surface area contributed by atoms with E-state index in [9.17, 15) is 4.79 Å². The van der Waals surface area contributed by atoms with Crippen molar-refractivity contribution in [3.63, 3.8) is 0 Å². The Kier molecular flexibility index (Phi) is 3.70. The summed E-state index contributed by atoms with van der Waals surface area (Å²) in [6.07, 6.45) is 10.1. The molecule has 0 aliphatic heterocycles. The molecule has 0 saturated heterocycles. The van der Waals surface area contributed by atoms with Crippen molar-refractivity contribution in [1.29, 1.82) is 0 Å². The van der Waals surface area contributed by atoms with Crippen molar-refractivity contribution in [3.05, 3.63) is 47.0 Å². The predicted molar refractivity (Wildman–Crippen MR) is 94.4 cm³/mol. The Hall–Kier alpha value is -1.37. The number of aryl methyl sites for hydroxylation is 1. The summed E-state index contributed by atoms with van der Waals surface area (Å²) in [6, 6.07) is 9.08. The molecule has 1 aromatic rings. The topological polar surface area (TPSA) is 17.1 Å². The number of rotatable bonds is 3. The highest BCUT2D eigenvalue weighted by Gasteiger charge is 2.52. The van der Waals surface area contributed by atoms with Crippen molar-refractivity contribution in [3.8, 4) is 0 Å². The summed E-state index contributed by atoms with van der Waals surface area (Å²) in [5.74, 6) is 2.61. The molecule has 0 spiro atoms. The first-order chi connectivity index (χ1) is 11.1. The molecule has 0 amide bonds. The van der Waals surface area contributed by atoms with Crippen LogP contribution in [0.1, 0.15) is 69.4 Å². The minimum absolute atomic E-state index is 0.152. The zero-order valence-corrected chi connectivity index (χ0v) is 14.5. The highest BCUT2D eigenvalue weighted by atomic mass is 16.1. The van der Waals surface area contributed by atoms with Gasteiger partial charge in [-0.1, -0.05) is 44.2 Å². The first-order valence-electron chi connectivity index (χ1n) is 9.46. The highest BCUT2D eigenvalue weighted by molar-refractivity contribution is 5.97. The van der Waals surface area contributed by atoms with Gasteiger partial charge in [0.15, 0.2) is 5.78 Å². The van der Waals surface area contributed by atoms with E-state index in [2.05, 4.69) is 44.2 Å². The smallest absolute Gasteiger partial charge is 0.159 e. The number of allylic oxidation sites excluding steroid dienone is 2. The van der Waals surface area contributed by atoms with Crippen molar-refractivity contribution in [2.75, 3.05) is 0 Å². The van der Waals surface area contributed by atoms with Gasteiger partial charge in [0.05, 0.1) is 0 Å². The Morgan fingerprint density at radius 2 is 2.09 bits per heavy atom. The summed E-state index contributed by atoms with van der Waals surface area (Å²) in [4.78, 5) is 12.6. The molecule has 4 rings (SSSR count). The fraction of sp³-hybridized carbons (Fsp3) is 0.591. The zero-order valence-electron chi connectivity index (χ0n) is 14.5. The van der Waals surface area contributed by atoms with E-state index >= 15 is 0 Å². The molecular formula is C22H28O. The SMILES string of the molecule is CCCC(=O)C1=CC[C@H]2[C@@H]3CCc4ccccc4[C@H]3CC[C@]12C. The van der Waals surface area contributed by atoms with E-state index in [0.29, 0.717) is 11.7 Å². The average Bonchev–Trinajstić information content (AvgIpc) is 2.92. The quantitative estimate of drug-likeness (QED) is 0.726. The lowest BCUT2D eigenvalue weighted by Crippen LogP contribution is -2.42. The summed E-state index contributed by atoms with van der Waals surface area (Å²) >= 11 is 0. The molecule has 1 nitrogen and oxygen atoms in total. The number of Topliss-reactive ketones (excluding diaryl/α,β-unsaturated/α-hetero) is 1. The first kappa shape index (κ1) is 15.2. The molecule has 0 heterocycles. The fourth-order valence-electron chi connectivity index (χ4n) is 5.88. The maximum absolute atomic E-state index is 12.6. The average molecular weight is 308 g/mol. The number of carbonyl (C=O) groups is 1. The lowest BCUT2D eigenvalue weighted by molar-refractivity contribution is -0.117. The molecule has 0 aromatic heterocycles. The number of hydrogen-bond acceptors (Lipinski definition) is 1. The molecule has 122 valence electrons. The maximum Gasteiger partial charge on any atom is 0.159 e. The molecule has 0 bridgehead atoms. The van der Waals surface area contributed by atoms with Crippen LogP contribution in [-0.4, -0.2) is 5.78 Å². The molecule has 3 aliphatic rings. The predicted octanol–water partition coefficient (Wildman–Crippen LogP) is 5.45. The highest BCUT2D eigenvalue weighted by Crippen LogP contribution is 2.61. The molecule has 1 aromatic carbocycles. The standard InChI is InChI=1S/C22H28O/c1-3-6-21(23)20-12-11-19-18-10-9-15-7-4-5-8-16(15)17(18)13-14-22(19,20)2/h4-5,7-8,12,17-19H,3,6,9-11,13-14H2,1-2H3/t17-,18-,19+,22+/m1/s1. The Morgan fingerprint density at radius 3 is 2.91 bits per heavy atom. The van der Waals surface area contributed by atoms with Crippen LogP contribution in [0.4, 0.5) is 0 Å². The molecule has 23 heavy (non-hydrogen) atoms. The van der Waals surface area contributed by atoms with Gasteiger partial charge in [-0.25, -0.2) is 0 Å². The number of carbonyl (C=O) groups excluding carboxylic acids is 1. The van der Waals surface area contributed by atoms with Gasteiger partial charge < -0.3 is 0 Å². The Labute approximate surface area is 140 Å². The molecule has 0 unspecified atom stereocenters. The van der Waals surface area contributed by atoms with E-state index in [1.165, 1.54) is 31.3 Å². The largest absolute Gasteiger partial charge is 0.295 e. The third-order valence-corrected chi connectivity index (χ3v) is 7.00. The van der Waals surface area contributed by atoms with Crippen molar-refractivity contribution in [2.24, 2.45) is 17.3 Å². The summed E-state index contributed by atoms with van der Waals surface area (Å²) in [5.41, 5.74) is 4.52. The Morgan fingerprint density at radius 1 is 1.26 bits per heavy atom. The summed E-state index contributed by atoms with van der Waals surface area (Å²) in [7, 11) is 0. The van der Waals surface area contributed by atoms with Gasteiger partial charge in [0.25, 0.3) is 0 Å². The zero-order chi connectivity index (χ0) is 16.0. The fourth-order valence-corrected chi connectivity index (χ4v) is 5.88. The number of benzene rings is 1. The van der Waals surface area contributed by atoms with E-state index in [4.69, 9.17) is 0 Å². The van der Waals surface area contributed by atoms with Gasteiger partial charge in [-0.05, 0) is 78.4 Å². The molecule has 4 atom stereocenters. The van der Waals surface area contributed by atoms with Crippen molar-refractivity contribution >= 4 is 5.78 Å². The van der Waals surface area contributed by atoms with Gasteiger partial charge >= 0.3 is 0 Å². The molecule has 3 aliphatic carbocycles. The molecule has 1 saturated carbocycles. The number of hydrogen-bond donors (Lipinski definition) is 0. The van der Waals surface area contributed by atoms with Gasteiger partial charge in [0, 0.05) is 6.42 Å². The van der Waals surface area contributed by atoms with Crippen LogP contribution in [-0.2, 0) is 11.2 Å². The van der Waals surface area contributed by atoms with Crippen molar-refractivity contribution < 1.29 is 4.79 Å². The third kappa shape index (κ3) is 2.23. The molecule has 0 N–H and O–H groups in total. The second-order valence-electron chi connectivity index (χ2n) is 8.10. The van der Waals surface area contributed by atoms with Gasteiger partial charge in [-0.3, -0.25) is 4.79 Å². The lowest BCUT2D eigenvalue weighted by atomic mass is 9.54. The summed E-state index contributed by atoms with van der Waals surface area (Å²) < 4.78 is 0. The van der Waals surface area contributed by atoms with E-state index in [0.717, 1.165) is 31.1 Å². The van der Waals surface area contributed by atoms with E-state index in [-0.39, 0.29) is 5.41 Å². The van der Waals surface area contributed by atoms with Crippen LogP contribution in [0.5, 0.6) is 0 Å². The third-order valence-electron chi connectivity index (χ3n) is 7.00. The van der Waals surface area contributed by atoms with Crippen molar-refractivity contribution in [1.82, 2.24) is 0 Å². The first-order valence-corrected chi connectivity index (χ1v) is 9.46. The monoisotopic (exact) mass is 308 g/mol. The van der Waals surface area contributed by atoms with Crippen LogP contribution < -0.4 is 0 Å². The minimum Gasteiger partial charge on any atom is -0.295 e. The number of fused-ring (bicyclic) bond motifs is 5. The van der Waals surface area contributed by atoms with Gasteiger partial charge in [-0.2, -0.15) is 0 Å². The lowest BCUT2D eigenvalue weighted by Gasteiger charge is -2.50. The Bertz CT molecular complexity index is 656. The maximum atomic E-state index is 12.6. The molecular weight excluding hydrogens is 280 g/mol. The van der Waals surface area contributed by atoms with Crippen LogP contribution in [0.15, 0.2) is 35.9 Å². The van der Waals surface area contributed by atoms with Crippen molar-refractivity contribution in [2.45, 2.75) is 64.7 Å². The van der Waals surface area contributed by atoms with Crippen LogP contribution in [0.25, 0.3) is 0 Å². The minimum atomic E-state index is 0.152. The van der Waals surface area contributed by atoms with Crippen LogP contribution in [0.3, 0.4) is 0 Å². The molecule has 1 fully saturated rings. The van der Waals surface area contributed by atoms with Crippen LogP contribution in [0, 0.1) is 17.3 Å². The van der Waals surface area contributed by atoms with Gasteiger partial charge in [0.1, 0.15) is 0 Å². The summed E-state index contributed by atoms with van der Waals surface area (Å²) in [5, 5.41) is 0. The van der Waals surface area contributed by atoms with Gasteiger partial charge in [-0.15, -0.1) is 0 Å². The molecule has 1 heteroatoms. The summed E-state index contributed by atoms with van der Waals surface area (Å²) in [6.45, 7) is 4.50. The van der Waals surface area contributed by atoms with E-state index in [1.807, 2.05) is 0 Å². The second-order valence-corrected chi connectivity index (χ2v) is 8.10. The Balaban J connectivity index is 1.63.